The summed E-state index contributed by atoms with van der Waals surface area (Å²) in [6.45, 7) is 1.07. The number of nitrogens with one attached hydrogen (secondary N) is 1. The Balaban J connectivity index is 1.72. The number of benzene rings is 1. The van der Waals surface area contributed by atoms with E-state index in [-0.39, 0.29) is 6.04 Å². The van der Waals surface area contributed by atoms with Crippen molar-refractivity contribution in [2.24, 2.45) is 0 Å². The van der Waals surface area contributed by atoms with Gasteiger partial charge in [-0.15, -0.1) is 0 Å². The Morgan fingerprint density at radius 1 is 1.45 bits per heavy atom. The van der Waals surface area contributed by atoms with Crippen LogP contribution in [0.4, 0.5) is 0 Å². The minimum Gasteiger partial charge on any atom is -0.491 e. The number of fused-ring (bicyclic) bond motifs is 1. The second-order valence-corrected chi connectivity index (χ2v) is 5.01. The van der Waals surface area contributed by atoms with E-state index in [0.717, 1.165) is 17.1 Å². The average molecular weight is 291 g/mol. The van der Waals surface area contributed by atoms with Crippen molar-refractivity contribution in [1.82, 2.24) is 10.3 Å². The summed E-state index contributed by atoms with van der Waals surface area (Å²) < 4.78 is 11.4. The van der Waals surface area contributed by atoms with Crippen molar-refractivity contribution in [2.45, 2.75) is 12.6 Å². The van der Waals surface area contributed by atoms with Crippen LogP contribution in [0.1, 0.15) is 17.2 Å². The summed E-state index contributed by atoms with van der Waals surface area (Å²) in [6.07, 6.45) is 3.32. The summed E-state index contributed by atoms with van der Waals surface area (Å²) in [6, 6.07) is 8.01. The third kappa shape index (κ3) is 2.57. The van der Waals surface area contributed by atoms with Gasteiger partial charge in [0.2, 0.25) is 0 Å². The molecule has 1 aromatic carbocycles. The van der Waals surface area contributed by atoms with Crippen LogP contribution in [0.15, 0.2) is 36.7 Å². The van der Waals surface area contributed by atoms with Crippen LogP contribution in [0.2, 0.25) is 5.02 Å². The summed E-state index contributed by atoms with van der Waals surface area (Å²) in [5, 5.41) is 3.83. The van der Waals surface area contributed by atoms with Crippen molar-refractivity contribution in [3.63, 3.8) is 0 Å². The number of hydrogen-bond acceptors (Lipinski definition) is 4. The fourth-order valence-electron chi connectivity index (χ4n) is 2.20. The molecule has 1 atom stereocenters. The first kappa shape index (κ1) is 13.2. The van der Waals surface area contributed by atoms with E-state index in [9.17, 15) is 0 Å². The van der Waals surface area contributed by atoms with Gasteiger partial charge in [-0.1, -0.05) is 11.6 Å². The molecule has 0 spiro atoms. The van der Waals surface area contributed by atoms with Crippen LogP contribution in [0.5, 0.6) is 11.5 Å². The highest BCUT2D eigenvalue weighted by atomic mass is 35.5. The van der Waals surface area contributed by atoms with Gasteiger partial charge in [0.25, 0.3) is 0 Å². The molecule has 1 aliphatic rings. The van der Waals surface area contributed by atoms with Gasteiger partial charge < -0.3 is 14.8 Å². The molecule has 5 heteroatoms. The van der Waals surface area contributed by atoms with Gasteiger partial charge >= 0.3 is 0 Å². The van der Waals surface area contributed by atoms with Crippen molar-refractivity contribution in [3.05, 3.63) is 52.8 Å². The molecule has 3 rings (SSSR count). The van der Waals surface area contributed by atoms with Gasteiger partial charge in [-0.05, 0) is 25.2 Å². The van der Waals surface area contributed by atoms with Crippen LogP contribution < -0.4 is 14.8 Å². The highest BCUT2D eigenvalue weighted by molar-refractivity contribution is 6.31. The predicted octanol–water partition coefficient (Wildman–Crippen LogP) is 2.97. The molecule has 2 heterocycles. The lowest BCUT2D eigenvalue weighted by Gasteiger charge is -2.09. The molecule has 1 aromatic heterocycles. The molecule has 2 aromatic rings. The van der Waals surface area contributed by atoms with E-state index in [1.807, 2.05) is 31.3 Å². The molecule has 1 aliphatic heterocycles. The molecular weight excluding hydrogens is 276 g/mol. The largest absolute Gasteiger partial charge is 0.491 e. The molecule has 0 saturated carbocycles. The minimum atomic E-state index is 0.258. The molecular formula is C15H15ClN2O2. The number of ether oxygens (including phenoxy) is 2. The van der Waals surface area contributed by atoms with E-state index in [1.165, 1.54) is 5.56 Å². The normalized spacial score (nSPS) is 16.6. The lowest BCUT2D eigenvalue weighted by Crippen LogP contribution is -2.17. The molecule has 0 bridgehead atoms. The maximum Gasteiger partial charge on any atom is 0.127 e. The standard InChI is InChI=1S/C15H15ClN2O2/c1-17-14-9-20-15-6-11(2-3-12(14)15)19-8-10-4-5-18-7-13(10)16/h2-7,14,17H,8-9H2,1H3. The second kappa shape index (κ2) is 5.69. The number of likely N-dealkylation sites (N-methyl/N-ethyl adjacent to an activating group) is 1. The fourth-order valence-corrected chi connectivity index (χ4v) is 2.38. The molecule has 0 amide bonds. The number of pyridine rings is 1. The molecule has 4 nitrogen and oxygen atoms in total. The van der Waals surface area contributed by atoms with E-state index >= 15 is 0 Å². The fraction of sp³-hybridized carbons (Fsp3) is 0.267. The lowest BCUT2D eigenvalue weighted by atomic mass is 10.1. The molecule has 20 heavy (non-hydrogen) atoms. The van der Waals surface area contributed by atoms with Crippen LogP contribution >= 0.6 is 11.6 Å². The molecule has 104 valence electrons. The zero-order valence-electron chi connectivity index (χ0n) is 11.1. The van der Waals surface area contributed by atoms with Crippen LogP contribution in [0.3, 0.4) is 0 Å². The smallest absolute Gasteiger partial charge is 0.127 e. The highest BCUT2D eigenvalue weighted by Gasteiger charge is 2.22. The van der Waals surface area contributed by atoms with E-state index < -0.39 is 0 Å². The van der Waals surface area contributed by atoms with Crippen LogP contribution in [-0.2, 0) is 6.61 Å². The zero-order valence-corrected chi connectivity index (χ0v) is 11.9. The summed E-state index contributed by atoms with van der Waals surface area (Å²) in [7, 11) is 1.93. The highest BCUT2D eigenvalue weighted by Crippen LogP contribution is 2.35. The van der Waals surface area contributed by atoms with Gasteiger partial charge in [-0.2, -0.15) is 0 Å². The summed E-state index contributed by atoms with van der Waals surface area (Å²) in [4.78, 5) is 3.95. The minimum absolute atomic E-state index is 0.258. The summed E-state index contributed by atoms with van der Waals surface area (Å²) in [5.41, 5.74) is 2.08. The number of hydrogen-bond donors (Lipinski definition) is 1. The Hall–Kier alpha value is -1.78. The van der Waals surface area contributed by atoms with Crippen molar-refractivity contribution in [3.8, 4) is 11.5 Å². The number of halogens is 1. The number of aromatic nitrogens is 1. The van der Waals surface area contributed by atoms with E-state index in [4.69, 9.17) is 21.1 Å². The maximum absolute atomic E-state index is 6.05. The third-order valence-corrected chi connectivity index (χ3v) is 3.71. The first-order chi connectivity index (χ1) is 9.78. The first-order valence-electron chi connectivity index (χ1n) is 6.43. The molecule has 1 unspecified atom stereocenters. The molecule has 0 saturated heterocycles. The molecule has 0 aliphatic carbocycles. The van der Waals surface area contributed by atoms with E-state index in [1.54, 1.807) is 12.4 Å². The van der Waals surface area contributed by atoms with Crippen LogP contribution in [-0.4, -0.2) is 18.6 Å². The van der Waals surface area contributed by atoms with Gasteiger partial charge in [0.15, 0.2) is 0 Å². The maximum atomic E-state index is 6.05. The van der Waals surface area contributed by atoms with Gasteiger partial charge in [0, 0.05) is 29.6 Å². The van der Waals surface area contributed by atoms with Gasteiger partial charge in [-0.3, -0.25) is 4.98 Å². The van der Waals surface area contributed by atoms with Crippen molar-refractivity contribution >= 4 is 11.6 Å². The van der Waals surface area contributed by atoms with Gasteiger partial charge in [-0.25, -0.2) is 0 Å². The van der Waals surface area contributed by atoms with Crippen molar-refractivity contribution in [2.75, 3.05) is 13.7 Å². The number of nitrogens with zero attached hydrogens (tertiary/aromatic N) is 1. The quantitative estimate of drug-likeness (QED) is 0.940. The first-order valence-corrected chi connectivity index (χ1v) is 6.81. The monoisotopic (exact) mass is 290 g/mol. The van der Waals surface area contributed by atoms with Crippen LogP contribution in [0, 0.1) is 0 Å². The molecule has 0 radical (unpaired) electrons. The summed E-state index contributed by atoms with van der Waals surface area (Å²) in [5.74, 6) is 1.65. The van der Waals surface area contributed by atoms with Crippen molar-refractivity contribution in [1.29, 1.82) is 0 Å². The zero-order chi connectivity index (χ0) is 13.9. The Kier molecular flexibility index (Phi) is 3.76. The van der Waals surface area contributed by atoms with Crippen molar-refractivity contribution < 1.29 is 9.47 Å². The Bertz CT molecular complexity index is 619. The van der Waals surface area contributed by atoms with E-state index in [0.29, 0.717) is 18.2 Å². The average Bonchev–Trinajstić information content (AvgIpc) is 2.88. The second-order valence-electron chi connectivity index (χ2n) is 4.61. The lowest BCUT2D eigenvalue weighted by molar-refractivity contribution is 0.298. The topological polar surface area (TPSA) is 43.4 Å². The molecule has 0 fully saturated rings. The predicted molar refractivity (Wildman–Crippen MR) is 77.3 cm³/mol. The summed E-state index contributed by atoms with van der Waals surface area (Å²) >= 11 is 6.05. The molecule has 1 N–H and O–H groups in total. The third-order valence-electron chi connectivity index (χ3n) is 3.37. The SMILES string of the molecule is CNC1COc2cc(OCc3ccncc3Cl)ccc21. The Morgan fingerprint density at radius 2 is 2.35 bits per heavy atom. The Morgan fingerprint density at radius 3 is 3.15 bits per heavy atom. The Labute approximate surface area is 122 Å². The van der Waals surface area contributed by atoms with Gasteiger partial charge in [0.1, 0.15) is 24.7 Å². The van der Waals surface area contributed by atoms with E-state index in [2.05, 4.69) is 10.3 Å². The van der Waals surface area contributed by atoms with Gasteiger partial charge in [0.05, 0.1) is 11.1 Å². The van der Waals surface area contributed by atoms with Crippen LogP contribution in [0.25, 0.3) is 0 Å². The number of rotatable bonds is 4.